The lowest BCUT2D eigenvalue weighted by atomic mass is 10.2. The topological polar surface area (TPSA) is 41.5 Å². The number of rotatable bonds is 6. The van der Waals surface area contributed by atoms with Gasteiger partial charge in [0.05, 0.1) is 27.7 Å². The van der Waals surface area contributed by atoms with Crippen molar-refractivity contribution >= 4 is 33.2 Å². The lowest BCUT2D eigenvalue weighted by molar-refractivity contribution is -0.138. The van der Waals surface area contributed by atoms with Gasteiger partial charge in [-0.3, -0.25) is 0 Å². The van der Waals surface area contributed by atoms with Crippen LogP contribution in [0.5, 0.6) is 11.5 Å². The zero-order valence-electron chi connectivity index (χ0n) is 13.2. The van der Waals surface area contributed by atoms with Crippen LogP contribution < -0.4 is 10.1 Å². The minimum Gasteiger partial charge on any atom is -0.448 e. The maximum atomic E-state index is 14.0. The van der Waals surface area contributed by atoms with Gasteiger partial charge in [0.15, 0.2) is 23.1 Å². The molecule has 0 aliphatic heterocycles. The zero-order valence-corrected chi connectivity index (χ0v) is 15.5. The standard InChI is InChI=1S/C16H11BrClF6NO2/c17-10-3-8(19)4-13(25-6-9(26)5-18)14(10)27-15-11(20)1-7(2-12(15)21)16(22,23)24/h1-4,9,25-26H,5-6H2. The van der Waals surface area contributed by atoms with Gasteiger partial charge < -0.3 is 15.2 Å². The van der Waals surface area contributed by atoms with E-state index in [1.807, 2.05) is 0 Å². The lowest BCUT2D eigenvalue weighted by Gasteiger charge is -2.17. The van der Waals surface area contributed by atoms with Gasteiger partial charge in [-0.05, 0) is 34.1 Å². The minimum atomic E-state index is -4.94. The molecule has 0 aliphatic carbocycles. The van der Waals surface area contributed by atoms with Crippen molar-refractivity contribution in [1.82, 2.24) is 0 Å². The van der Waals surface area contributed by atoms with Crippen LogP contribution >= 0.6 is 27.5 Å². The van der Waals surface area contributed by atoms with Crippen molar-refractivity contribution < 1.29 is 36.2 Å². The zero-order chi connectivity index (χ0) is 20.4. The molecule has 11 heteroatoms. The average molecular weight is 479 g/mol. The van der Waals surface area contributed by atoms with Crippen LogP contribution in [0.2, 0.25) is 0 Å². The number of halogens is 8. The Balaban J connectivity index is 2.42. The predicted molar refractivity (Wildman–Crippen MR) is 90.8 cm³/mol. The number of aliphatic hydroxyl groups is 1. The van der Waals surface area contributed by atoms with Crippen LogP contribution in [-0.2, 0) is 6.18 Å². The largest absolute Gasteiger partial charge is 0.448 e. The summed E-state index contributed by atoms with van der Waals surface area (Å²) in [5.74, 6) is -5.46. The fourth-order valence-corrected chi connectivity index (χ4v) is 2.62. The Hall–Kier alpha value is -1.65. The van der Waals surface area contributed by atoms with Crippen molar-refractivity contribution in [2.24, 2.45) is 0 Å². The molecule has 0 amide bonds. The summed E-state index contributed by atoms with van der Waals surface area (Å²) in [7, 11) is 0. The summed E-state index contributed by atoms with van der Waals surface area (Å²) in [4.78, 5) is 0. The van der Waals surface area contributed by atoms with Gasteiger partial charge in [0.1, 0.15) is 5.82 Å². The average Bonchev–Trinajstić information content (AvgIpc) is 2.56. The summed E-state index contributed by atoms with van der Waals surface area (Å²) in [6.07, 6.45) is -5.96. The maximum absolute atomic E-state index is 14.0. The van der Waals surface area contributed by atoms with Gasteiger partial charge >= 0.3 is 6.18 Å². The minimum absolute atomic E-state index is 0.0657. The highest BCUT2D eigenvalue weighted by molar-refractivity contribution is 9.10. The second-order valence-corrected chi connectivity index (χ2v) is 6.49. The van der Waals surface area contributed by atoms with Crippen LogP contribution in [0.4, 0.5) is 32.0 Å². The number of hydrogen-bond acceptors (Lipinski definition) is 3. The number of anilines is 1. The Labute approximate surface area is 163 Å². The lowest BCUT2D eigenvalue weighted by Crippen LogP contribution is -2.21. The van der Waals surface area contributed by atoms with Crippen LogP contribution in [0.3, 0.4) is 0 Å². The summed E-state index contributed by atoms with van der Waals surface area (Å²) in [5.41, 5.74) is -1.63. The molecule has 0 bridgehead atoms. The molecular formula is C16H11BrClF6NO2. The number of nitrogens with one attached hydrogen (secondary N) is 1. The van der Waals surface area contributed by atoms with Gasteiger partial charge in [-0.15, -0.1) is 11.6 Å². The van der Waals surface area contributed by atoms with Gasteiger partial charge in [0.2, 0.25) is 0 Å². The number of aliphatic hydroxyl groups excluding tert-OH is 1. The molecule has 1 atom stereocenters. The van der Waals surface area contributed by atoms with Crippen LogP contribution in [0.1, 0.15) is 5.56 Å². The molecular weight excluding hydrogens is 468 g/mol. The molecule has 1 unspecified atom stereocenters. The molecule has 0 heterocycles. The summed E-state index contributed by atoms with van der Waals surface area (Å²) in [5, 5.41) is 12.1. The van der Waals surface area contributed by atoms with Crippen LogP contribution in [-0.4, -0.2) is 23.6 Å². The third-order valence-corrected chi connectivity index (χ3v) is 4.19. The van der Waals surface area contributed by atoms with Crippen molar-refractivity contribution in [2.45, 2.75) is 12.3 Å². The highest BCUT2D eigenvalue weighted by Crippen LogP contribution is 2.41. The van der Waals surface area contributed by atoms with E-state index in [1.54, 1.807) is 0 Å². The van der Waals surface area contributed by atoms with E-state index in [2.05, 4.69) is 21.2 Å². The number of ether oxygens (including phenoxy) is 1. The van der Waals surface area contributed by atoms with E-state index in [0.29, 0.717) is 0 Å². The molecule has 2 aromatic rings. The molecule has 0 saturated carbocycles. The summed E-state index contributed by atoms with van der Waals surface area (Å²) in [6, 6.07) is 2.01. The smallest absolute Gasteiger partial charge is 0.416 e. The number of benzene rings is 2. The fourth-order valence-electron chi connectivity index (χ4n) is 2.00. The first-order valence-electron chi connectivity index (χ1n) is 7.24. The Bertz CT molecular complexity index is 810. The first kappa shape index (κ1) is 21.6. The highest BCUT2D eigenvalue weighted by atomic mass is 79.9. The first-order chi connectivity index (χ1) is 12.5. The second kappa shape index (κ2) is 8.57. The van der Waals surface area contributed by atoms with E-state index in [0.717, 1.165) is 12.1 Å². The highest BCUT2D eigenvalue weighted by Gasteiger charge is 2.33. The third-order valence-electron chi connectivity index (χ3n) is 3.24. The number of hydrogen-bond donors (Lipinski definition) is 2. The Morgan fingerprint density at radius 3 is 2.19 bits per heavy atom. The van der Waals surface area contributed by atoms with Crippen molar-refractivity contribution in [3.63, 3.8) is 0 Å². The molecule has 2 rings (SSSR count). The van der Waals surface area contributed by atoms with Gasteiger partial charge in [-0.2, -0.15) is 13.2 Å². The predicted octanol–water partition coefficient (Wildman–Crippen LogP) is 5.69. The van der Waals surface area contributed by atoms with E-state index in [1.165, 1.54) is 0 Å². The van der Waals surface area contributed by atoms with Crippen molar-refractivity contribution in [3.8, 4) is 11.5 Å². The molecule has 3 nitrogen and oxygen atoms in total. The van der Waals surface area contributed by atoms with Crippen LogP contribution in [0, 0.1) is 17.5 Å². The van der Waals surface area contributed by atoms with Gasteiger partial charge in [-0.25, -0.2) is 13.2 Å². The number of alkyl halides is 4. The van der Waals surface area contributed by atoms with Crippen molar-refractivity contribution in [2.75, 3.05) is 17.7 Å². The van der Waals surface area contributed by atoms with Crippen molar-refractivity contribution in [3.05, 3.63) is 51.8 Å². The Kier molecular flexibility index (Phi) is 6.87. The molecule has 2 N–H and O–H groups in total. The van der Waals surface area contributed by atoms with E-state index in [4.69, 9.17) is 16.3 Å². The van der Waals surface area contributed by atoms with Gasteiger partial charge in [0, 0.05) is 12.6 Å². The normalized spacial score (nSPS) is 12.8. The molecule has 2 aromatic carbocycles. The molecule has 0 fully saturated rings. The van der Waals surface area contributed by atoms with E-state index in [-0.39, 0.29) is 40.5 Å². The summed E-state index contributed by atoms with van der Waals surface area (Å²) >= 11 is 8.40. The Morgan fingerprint density at radius 2 is 1.67 bits per heavy atom. The molecule has 0 aromatic heterocycles. The van der Waals surface area contributed by atoms with Crippen LogP contribution in [0.15, 0.2) is 28.7 Å². The molecule has 0 spiro atoms. The molecule has 27 heavy (non-hydrogen) atoms. The first-order valence-corrected chi connectivity index (χ1v) is 8.56. The SMILES string of the molecule is OC(CCl)CNc1cc(F)cc(Br)c1Oc1c(F)cc(C(F)(F)F)cc1F. The van der Waals surface area contributed by atoms with E-state index >= 15 is 0 Å². The van der Waals surface area contributed by atoms with Crippen LogP contribution in [0.25, 0.3) is 0 Å². The molecule has 0 radical (unpaired) electrons. The van der Waals surface area contributed by atoms with Gasteiger partial charge in [0.25, 0.3) is 0 Å². The third kappa shape index (κ3) is 5.43. The second-order valence-electron chi connectivity index (χ2n) is 5.32. The maximum Gasteiger partial charge on any atom is 0.416 e. The molecule has 0 saturated heterocycles. The fraction of sp³-hybridized carbons (Fsp3) is 0.250. The molecule has 0 aliphatic rings. The summed E-state index contributed by atoms with van der Waals surface area (Å²) in [6.45, 7) is -0.145. The quantitative estimate of drug-likeness (QED) is 0.414. The Morgan fingerprint density at radius 1 is 1.07 bits per heavy atom. The van der Waals surface area contributed by atoms with E-state index < -0.39 is 41.0 Å². The van der Waals surface area contributed by atoms with E-state index in [9.17, 15) is 31.4 Å². The van der Waals surface area contributed by atoms with Gasteiger partial charge in [-0.1, -0.05) is 0 Å². The monoisotopic (exact) mass is 477 g/mol. The summed E-state index contributed by atoms with van der Waals surface area (Å²) < 4.78 is 84.5. The van der Waals surface area contributed by atoms with Crippen molar-refractivity contribution in [1.29, 1.82) is 0 Å². The molecule has 148 valence electrons.